The standard InChI is InChI=1S/C18H36O5/c1-2-3-4-11-14-17(22-23-21)15-12-9-7-5-6-8-10-13-16-18(19)20/h17,21H,2-16H2,1H3,(H,19,20). The van der Waals surface area contributed by atoms with Gasteiger partial charge in [0.2, 0.25) is 0 Å². The van der Waals surface area contributed by atoms with Crippen LogP contribution in [0.5, 0.6) is 0 Å². The number of carboxylic acid groups (broad SMARTS) is 1. The van der Waals surface area contributed by atoms with Crippen LogP contribution in [0.2, 0.25) is 0 Å². The van der Waals surface area contributed by atoms with E-state index in [9.17, 15) is 4.79 Å². The molecule has 0 aliphatic carbocycles. The number of hydrogen-bond acceptors (Lipinski definition) is 4. The molecule has 0 rings (SSSR count). The van der Waals surface area contributed by atoms with Crippen molar-refractivity contribution in [2.45, 2.75) is 109 Å². The van der Waals surface area contributed by atoms with Crippen molar-refractivity contribution in [1.29, 1.82) is 0 Å². The number of carboxylic acids is 1. The molecular formula is C18H36O5. The first-order valence-electron chi connectivity index (χ1n) is 9.39. The summed E-state index contributed by atoms with van der Waals surface area (Å²) in [5.41, 5.74) is 0. The van der Waals surface area contributed by atoms with E-state index in [2.05, 4.69) is 12.0 Å². The van der Waals surface area contributed by atoms with Crippen molar-refractivity contribution in [2.24, 2.45) is 0 Å². The highest BCUT2D eigenvalue weighted by Crippen LogP contribution is 2.16. The Bertz CT molecular complexity index is 258. The Balaban J connectivity index is 3.39. The van der Waals surface area contributed by atoms with Crippen molar-refractivity contribution >= 4 is 5.97 Å². The number of rotatable bonds is 18. The van der Waals surface area contributed by atoms with E-state index >= 15 is 0 Å². The Labute approximate surface area is 141 Å². The van der Waals surface area contributed by atoms with E-state index in [-0.39, 0.29) is 6.10 Å². The molecule has 0 aliphatic rings. The molecule has 0 saturated heterocycles. The second-order valence-electron chi connectivity index (χ2n) is 6.40. The first-order valence-corrected chi connectivity index (χ1v) is 9.39. The van der Waals surface area contributed by atoms with Gasteiger partial charge in [0.25, 0.3) is 0 Å². The van der Waals surface area contributed by atoms with Crippen LogP contribution in [0.15, 0.2) is 0 Å². The van der Waals surface area contributed by atoms with Crippen LogP contribution >= 0.6 is 0 Å². The van der Waals surface area contributed by atoms with Crippen LogP contribution in [-0.4, -0.2) is 22.4 Å². The fourth-order valence-electron chi connectivity index (χ4n) is 2.81. The maximum absolute atomic E-state index is 10.4. The number of aliphatic carboxylic acids is 1. The van der Waals surface area contributed by atoms with Gasteiger partial charge in [-0.15, -0.1) is 0 Å². The molecule has 0 radical (unpaired) electrons. The molecule has 0 aromatic rings. The molecule has 1 atom stereocenters. The topological polar surface area (TPSA) is 76.0 Å². The van der Waals surface area contributed by atoms with Crippen LogP contribution in [0.1, 0.15) is 103 Å². The maximum atomic E-state index is 10.4. The molecular weight excluding hydrogens is 296 g/mol. The van der Waals surface area contributed by atoms with E-state index < -0.39 is 5.97 Å². The molecule has 0 amide bonds. The third-order valence-corrected chi connectivity index (χ3v) is 4.23. The molecule has 0 heterocycles. The predicted molar refractivity (Wildman–Crippen MR) is 91.2 cm³/mol. The van der Waals surface area contributed by atoms with Gasteiger partial charge in [0.05, 0.1) is 6.10 Å². The molecule has 5 nitrogen and oxygen atoms in total. The first kappa shape index (κ1) is 22.4. The minimum atomic E-state index is -0.691. The second-order valence-corrected chi connectivity index (χ2v) is 6.40. The van der Waals surface area contributed by atoms with Crippen LogP contribution in [-0.2, 0) is 14.7 Å². The summed E-state index contributed by atoms with van der Waals surface area (Å²) in [5.74, 6) is -0.691. The fraction of sp³-hybridized carbons (Fsp3) is 0.944. The lowest BCUT2D eigenvalue weighted by molar-refractivity contribution is -0.507. The van der Waals surface area contributed by atoms with Crippen LogP contribution in [0, 0.1) is 0 Å². The van der Waals surface area contributed by atoms with Gasteiger partial charge in [-0.1, -0.05) is 82.6 Å². The number of unbranched alkanes of at least 4 members (excludes halogenated alkanes) is 10. The number of carbonyl (C=O) groups is 1. The fourth-order valence-corrected chi connectivity index (χ4v) is 2.81. The average Bonchev–Trinajstić information content (AvgIpc) is 2.52. The van der Waals surface area contributed by atoms with Crippen molar-refractivity contribution in [3.63, 3.8) is 0 Å². The van der Waals surface area contributed by atoms with Crippen LogP contribution in [0.25, 0.3) is 0 Å². The summed E-state index contributed by atoms with van der Waals surface area (Å²) < 4.78 is 0. The highest BCUT2D eigenvalue weighted by atomic mass is 17.5. The molecule has 0 aromatic heterocycles. The Morgan fingerprint density at radius 3 is 1.78 bits per heavy atom. The van der Waals surface area contributed by atoms with E-state index in [1.165, 1.54) is 44.9 Å². The summed E-state index contributed by atoms with van der Waals surface area (Å²) in [5, 5.41) is 20.9. The van der Waals surface area contributed by atoms with E-state index in [1.54, 1.807) is 0 Å². The maximum Gasteiger partial charge on any atom is 0.303 e. The van der Waals surface area contributed by atoms with Gasteiger partial charge < -0.3 is 5.11 Å². The molecule has 0 spiro atoms. The molecule has 5 heteroatoms. The van der Waals surface area contributed by atoms with E-state index in [0.29, 0.717) is 6.42 Å². The Hall–Kier alpha value is -0.650. The zero-order valence-corrected chi connectivity index (χ0v) is 14.8. The van der Waals surface area contributed by atoms with E-state index in [4.69, 9.17) is 15.3 Å². The highest BCUT2D eigenvalue weighted by molar-refractivity contribution is 5.66. The Morgan fingerprint density at radius 1 is 0.826 bits per heavy atom. The largest absolute Gasteiger partial charge is 0.481 e. The SMILES string of the molecule is CCCCCCC(CCCCCCCCCCC(=O)O)OOO. The van der Waals surface area contributed by atoms with Gasteiger partial charge >= 0.3 is 5.97 Å². The van der Waals surface area contributed by atoms with Gasteiger partial charge in [0.1, 0.15) is 0 Å². The monoisotopic (exact) mass is 332 g/mol. The average molecular weight is 332 g/mol. The second kappa shape index (κ2) is 17.7. The van der Waals surface area contributed by atoms with Crippen molar-refractivity contribution in [3.05, 3.63) is 0 Å². The van der Waals surface area contributed by atoms with Crippen molar-refractivity contribution in [1.82, 2.24) is 0 Å². The van der Waals surface area contributed by atoms with Gasteiger partial charge in [0.15, 0.2) is 0 Å². The van der Waals surface area contributed by atoms with Gasteiger partial charge in [-0.3, -0.25) is 4.79 Å². The molecule has 0 bridgehead atoms. The first-order chi connectivity index (χ1) is 11.2. The third-order valence-electron chi connectivity index (χ3n) is 4.23. The normalized spacial score (nSPS) is 12.4. The molecule has 1 unspecified atom stereocenters. The lowest BCUT2D eigenvalue weighted by Crippen LogP contribution is -2.12. The van der Waals surface area contributed by atoms with Crippen LogP contribution in [0.3, 0.4) is 0 Å². The van der Waals surface area contributed by atoms with Crippen LogP contribution in [0.4, 0.5) is 0 Å². The van der Waals surface area contributed by atoms with Gasteiger partial charge in [0, 0.05) is 6.42 Å². The molecule has 23 heavy (non-hydrogen) atoms. The van der Waals surface area contributed by atoms with Crippen molar-refractivity contribution < 1.29 is 25.1 Å². The zero-order valence-electron chi connectivity index (χ0n) is 14.8. The predicted octanol–water partition coefficient (Wildman–Crippen LogP) is 5.73. The molecule has 0 fully saturated rings. The smallest absolute Gasteiger partial charge is 0.303 e. The molecule has 138 valence electrons. The summed E-state index contributed by atoms with van der Waals surface area (Å²) in [6.45, 7) is 2.19. The summed E-state index contributed by atoms with van der Waals surface area (Å²) in [4.78, 5) is 15.3. The summed E-state index contributed by atoms with van der Waals surface area (Å²) in [7, 11) is 0. The van der Waals surface area contributed by atoms with Crippen molar-refractivity contribution in [2.75, 3.05) is 0 Å². The third kappa shape index (κ3) is 17.5. The number of hydrogen-bond donors (Lipinski definition) is 2. The van der Waals surface area contributed by atoms with E-state index in [0.717, 1.165) is 44.9 Å². The minimum absolute atomic E-state index is 0.00729. The highest BCUT2D eigenvalue weighted by Gasteiger charge is 2.10. The van der Waals surface area contributed by atoms with Gasteiger partial charge in [-0.2, -0.15) is 0 Å². The van der Waals surface area contributed by atoms with Crippen molar-refractivity contribution in [3.8, 4) is 0 Å². The minimum Gasteiger partial charge on any atom is -0.481 e. The molecule has 0 aromatic carbocycles. The molecule has 0 saturated carbocycles. The zero-order chi connectivity index (χ0) is 17.2. The summed E-state index contributed by atoms with van der Waals surface area (Å²) in [6, 6.07) is 0. The Kier molecular flexibility index (Phi) is 17.2. The molecule has 2 N–H and O–H groups in total. The quantitative estimate of drug-likeness (QED) is 0.190. The Morgan fingerprint density at radius 2 is 1.30 bits per heavy atom. The summed E-state index contributed by atoms with van der Waals surface area (Å²) >= 11 is 0. The summed E-state index contributed by atoms with van der Waals surface area (Å²) in [6.07, 6.45) is 15.8. The lowest BCUT2D eigenvalue weighted by atomic mass is 10.0. The van der Waals surface area contributed by atoms with E-state index in [1.807, 2.05) is 0 Å². The van der Waals surface area contributed by atoms with Crippen LogP contribution < -0.4 is 0 Å². The van der Waals surface area contributed by atoms with Gasteiger partial charge in [-0.25, -0.2) is 10.1 Å². The molecule has 0 aliphatic heterocycles. The lowest BCUT2D eigenvalue weighted by Gasteiger charge is -2.14. The van der Waals surface area contributed by atoms with Gasteiger partial charge in [-0.05, 0) is 19.3 Å².